The van der Waals surface area contributed by atoms with Crippen molar-refractivity contribution in [1.82, 2.24) is 0 Å². The molecule has 80 heavy (non-hydrogen) atoms. The predicted octanol–water partition coefficient (Wildman–Crippen LogP) is 23.2. The molecule has 6 nitrogen and oxygen atoms in total. The number of ether oxygens (including phenoxy) is 3. The molecule has 0 aromatic heterocycles. The molecule has 0 rings (SSSR count). The lowest BCUT2D eigenvalue weighted by atomic mass is 10.0. The summed E-state index contributed by atoms with van der Waals surface area (Å²) in [4.78, 5) is 38.3. The number of carbonyl (C=O) groups excluding carboxylic acids is 3. The van der Waals surface area contributed by atoms with Gasteiger partial charge in [-0.25, -0.2) is 0 Å². The van der Waals surface area contributed by atoms with Crippen molar-refractivity contribution in [3.63, 3.8) is 0 Å². The van der Waals surface area contributed by atoms with Gasteiger partial charge in [-0.1, -0.05) is 303 Å². The van der Waals surface area contributed by atoms with Crippen molar-refractivity contribution in [3.8, 4) is 0 Å². The first kappa shape index (κ1) is 75.8. The third kappa shape index (κ3) is 64.6. The van der Waals surface area contributed by atoms with Gasteiger partial charge in [-0.15, -0.1) is 0 Å². The van der Waals surface area contributed by atoms with Crippen molar-refractivity contribution in [3.05, 3.63) is 122 Å². The minimum absolute atomic E-state index is 0.0803. The van der Waals surface area contributed by atoms with E-state index in [1.807, 2.05) is 0 Å². The Bertz CT molecular complexity index is 1650. The second kappa shape index (κ2) is 67.3. The van der Waals surface area contributed by atoms with Crippen LogP contribution in [-0.4, -0.2) is 37.2 Å². The van der Waals surface area contributed by atoms with Gasteiger partial charge in [0.15, 0.2) is 6.10 Å². The maximum absolute atomic E-state index is 12.9. The summed E-state index contributed by atoms with van der Waals surface area (Å²) in [6.45, 7) is 6.42. The molecule has 0 saturated heterocycles. The van der Waals surface area contributed by atoms with Crippen molar-refractivity contribution in [2.45, 2.75) is 316 Å². The normalized spacial score (nSPS) is 12.9. The monoisotopic (exact) mass is 1110 g/mol. The Hall–Kier alpha value is -4.19. The lowest BCUT2D eigenvalue weighted by Crippen LogP contribution is -2.30. The summed E-state index contributed by atoms with van der Waals surface area (Å²) >= 11 is 0. The van der Waals surface area contributed by atoms with E-state index in [-0.39, 0.29) is 31.1 Å². The number of rotatable bonds is 60. The van der Waals surface area contributed by atoms with Crippen molar-refractivity contribution >= 4 is 17.9 Å². The standard InChI is InChI=1S/C74H124O6/c1-4-7-10-13-16-19-22-24-26-28-30-32-34-36-37-39-40-42-44-46-48-50-52-55-58-61-64-67-73(76)79-70-71(69-78-72(75)66-63-60-57-54-21-18-15-12-9-6-3)80-74(77)68-65-62-59-56-53-51-49-47-45-43-41-38-35-33-31-29-27-25-23-20-17-14-11-8-5-2/h7-8,10-11,16-17,19-20,24-27,30-33,36-38,41,71H,4-6,9,12-15,18,21-23,28-29,34-35,39-40,42-70H2,1-3H3/b10-7-,11-8-,19-16-,20-17-,26-24-,27-25-,32-30-,33-31-,37-36-,41-38-. The Morgan fingerprint density at radius 3 is 0.762 bits per heavy atom. The third-order valence-electron chi connectivity index (χ3n) is 14.2. The van der Waals surface area contributed by atoms with Crippen LogP contribution in [0.5, 0.6) is 0 Å². The lowest BCUT2D eigenvalue weighted by Gasteiger charge is -2.18. The zero-order valence-electron chi connectivity index (χ0n) is 52.3. The van der Waals surface area contributed by atoms with Gasteiger partial charge in [0.2, 0.25) is 0 Å². The van der Waals surface area contributed by atoms with E-state index in [1.165, 1.54) is 141 Å². The number of hydrogen-bond donors (Lipinski definition) is 0. The van der Waals surface area contributed by atoms with Crippen molar-refractivity contribution in [2.24, 2.45) is 0 Å². The molecule has 0 fully saturated rings. The van der Waals surface area contributed by atoms with Crippen molar-refractivity contribution in [1.29, 1.82) is 0 Å². The molecule has 0 aromatic rings. The number of hydrogen-bond acceptors (Lipinski definition) is 6. The van der Waals surface area contributed by atoms with Crippen LogP contribution in [-0.2, 0) is 28.6 Å². The minimum Gasteiger partial charge on any atom is -0.462 e. The van der Waals surface area contributed by atoms with Crippen LogP contribution in [0.15, 0.2) is 122 Å². The van der Waals surface area contributed by atoms with E-state index < -0.39 is 6.10 Å². The third-order valence-corrected chi connectivity index (χ3v) is 14.2. The highest BCUT2D eigenvalue weighted by Crippen LogP contribution is 2.16. The Morgan fingerprint density at radius 1 is 0.263 bits per heavy atom. The van der Waals surface area contributed by atoms with Gasteiger partial charge < -0.3 is 14.2 Å². The maximum atomic E-state index is 12.9. The highest BCUT2D eigenvalue weighted by molar-refractivity contribution is 5.71. The first-order valence-corrected chi connectivity index (χ1v) is 33.5. The zero-order valence-corrected chi connectivity index (χ0v) is 52.3. The summed E-state index contributed by atoms with van der Waals surface area (Å²) in [5.74, 6) is -0.883. The van der Waals surface area contributed by atoms with E-state index in [4.69, 9.17) is 14.2 Å². The van der Waals surface area contributed by atoms with Gasteiger partial charge in [0, 0.05) is 19.3 Å². The van der Waals surface area contributed by atoms with Gasteiger partial charge in [0.1, 0.15) is 13.2 Å². The van der Waals surface area contributed by atoms with Gasteiger partial charge in [0.25, 0.3) is 0 Å². The van der Waals surface area contributed by atoms with Crippen LogP contribution in [0.2, 0.25) is 0 Å². The highest BCUT2D eigenvalue weighted by atomic mass is 16.6. The molecule has 0 aromatic carbocycles. The maximum Gasteiger partial charge on any atom is 0.306 e. The average Bonchev–Trinajstić information content (AvgIpc) is 3.46. The molecule has 0 bridgehead atoms. The van der Waals surface area contributed by atoms with Crippen LogP contribution in [0.4, 0.5) is 0 Å². The quantitative estimate of drug-likeness (QED) is 0.0261. The fourth-order valence-corrected chi connectivity index (χ4v) is 9.26. The second-order valence-corrected chi connectivity index (χ2v) is 22.0. The SMILES string of the molecule is CC/C=C\C/C=C\C/C=C\C/C=C\C/C=C\CCCCCCCCCCCCCC(=O)OCC(COC(=O)CCCCCCCCCCCC)OC(=O)CCCCCCCCCCC/C=C\C/C=C\C/C=C\C/C=C\C/C=C\CC. The van der Waals surface area contributed by atoms with Gasteiger partial charge >= 0.3 is 17.9 Å². The fourth-order valence-electron chi connectivity index (χ4n) is 9.26. The van der Waals surface area contributed by atoms with E-state index in [2.05, 4.69) is 142 Å². The molecular formula is C74H124O6. The van der Waals surface area contributed by atoms with E-state index in [0.717, 1.165) is 128 Å². The van der Waals surface area contributed by atoms with E-state index in [1.54, 1.807) is 0 Å². The predicted molar refractivity (Wildman–Crippen MR) is 348 cm³/mol. The van der Waals surface area contributed by atoms with Crippen LogP contribution < -0.4 is 0 Å². The molecule has 456 valence electrons. The van der Waals surface area contributed by atoms with E-state index >= 15 is 0 Å². The van der Waals surface area contributed by atoms with Crippen molar-refractivity contribution < 1.29 is 28.6 Å². The Kier molecular flexibility index (Phi) is 63.8. The molecule has 0 heterocycles. The summed E-state index contributed by atoms with van der Waals surface area (Å²) in [7, 11) is 0. The van der Waals surface area contributed by atoms with E-state index in [0.29, 0.717) is 19.3 Å². The first-order chi connectivity index (χ1) is 39.5. The molecule has 0 saturated carbocycles. The van der Waals surface area contributed by atoms with Crippen molar-refractivity contribution in [2.75, 3.05) is 13.2 Å². The van der Waals surface area contributed by atoms with E-state index in [9.17, 15) is 14.4 Å². The van der Waals surface area contributed by atoms with Crippen LogP contribution >= 0.6 is 0 Å². The van der Waals surface area contributed by atoms with Gasteiger partial charge in [-0.05, 0) is 109 Å². The Balaban J connectivity index is 4.25. The summed E-state index contributed by atoms with van der Waals surface area (Å²) in [6.07, 6.45) is 93.6. The van der Waals surface area contributed by atoms with Gasteiger partial charge in [-0.3, -0.25) is 14.4 Å². The summed E-state index contributed by atoms with van der Waals surface area (Å²) in [6, 6.07) is 0. The average molecular weight is 1110 g/mol. The summed E-state index contributed by atoms with van der Waals surface area (Å²) in [5.41, 5.74) is 0. The molecule has 1 unspecified atom stereocenters. The van der Waals surface area contributed by atoms with Crippen LogP contribution in [0, 0.1) is 0 Å². The second-order valence-electron chi connectivity index (χ2n) is 22.0. The molecule has 1 atom stereocenters. The Labute approximate surface area is 494 Å². The van der Waals surface area contributed by atoms with Crippen LogP contribution in [0.1, 0.15) is 310 Å². The molecule has 0 aliphatic carbocycles. The fraction of sp³-hybridized carbons (Fsp3) is 0.689. The summed E-state index contributed by atoms with van der Waals surface area (Å²) < 4.78 is 16.9. The molecule has 0 amide bonds. The molecule has 0 N–H and O–H groups in total. The number of esters is 3. The molecule has 0 aliphatic heterocycles. The zero-order chi connectivity index (χ0) is 57.8. The number of carbonyl (C=O) groups is 3. The molecule has 6 heteroatoms. The molecular weight excluding hydrogens is 985 g/mol. The molecule has 0 spiro atoms. The number of allylic oxidation sites excluding steroid dienone is 20. The van der Waals surface area contributed by atoms with Gasteiger partial charge in [0.05, 0.1) is 0 Å². The highest BCUT2D eigenvalue weighted by Gasteiger charge is 2.19. The smallest absolute Gasteiger partial charge is 0.306 e. The lowest BCUT2D eigenvalue weighted by molar-refractivity contribution is -0.167. The Morgan fingerprint density at radius 2 is 0.487 bits per heavy atom. The number of unbranched alkanes of at least 4 members (excludes halogenated alkanes) is 29. The molecule has 0 radical (unpaired) electrons. The first-order valence-electron chi connectivity index (χ1n) is 33.5. The minimum atomic E-state index is -0.784. The van der Waals surface area contributed by atoms with Gasteiger partial charge in [-0.2, -0.15) is 0 Å². The summed E-state index contributed by atoms with van der Waals surface area (Å²) in [5, 5.41) is 0. The van der Waals surface area contributed by atoms with Crippen LogP contribution in [0.25, 0.3) is 0 Å². The van der Waals surface area contributed by atoms with Crippen LogP contribution in [0.3, 0.4) is 0 Å². The largest absolute Gasteiger partial charge is 0.462 e. The molecule has 0 aliphatic rings. The topological polar surface area (TPSA) is 78.9 Å².